The first-order valence-corrected chi connectivity index (χ1v) is 7.57. The van der Waals surface area contributed by atoms with Crippen LogP contribution in [0.5, 0.6) is 0 Å². The summed E-state index contributed by atoms with van der Waals surface area (Å²) in [6.07, 6.45) is 2.32. The monoisotopic (exact) mass is 334 g/mol. The minimum Gasteiger partial charge on any atom is -0.385 e. The summed E-state index contributed by atoms with van der Waals surface area (Å²) in [7, 11) is 0. The van der Waals surface area contributed by atoms with Gasteiger partial charge in [-0.25, -0.2) is 4.39 Å². The lowest BCUT2D eigenvalue weighted by Crippen LogP contribution is -2.15. The van der Waals surface area contributed by atoms with Crippen LogP contribution in [-0.4, -0.2) is 6.54 Å². The molecule has 1 heterocycles. The minimum atomic E-state index is -0.235. The van der Waals surface area contributed by atoms with E-state index in [0.29, 0.717) is 0 Å². The van der Waals surface area contributed by atoms with Gasteiger partial charge in [0.05, 0.1) is 0 Å². The molecule has 0 unspecified atom stereocenters. The molecule has 104 valence electrons. The summed E-state index contributed by atoms with van der Waals surface area (Å²) in [6.45, 7) is 1.75. The lowest BCUT2D eigenvalue weighted by molar-refractivity contribution is 0.627. The maximum absolute atomic E-state index is 13.1. The normalized spacial score (nSPS) is 13.5. The second kappa shape index (κ2) is 5.83. The molecule has 1 aliphatic rings. The van der Waals surface area contributed by atoms with Crippen LogP contribution in [-0.2, 0) is 13.0 Å². The molecule has 3 rings (SSSR count). The highest BCUT2D eigenvalue weighted by Crippen LogP contribution is 2.28. The molecular weight excluding hydrogens is 319 g/mol. The number of rotatable bonds is 3. The highest BCUT2D eigenvalue weighted by Gasteiger charge is 2.12. The lowest BCUT2D eigenvalue weighted by Gasteiger charge is -2.21. The largest absolute Gasteiger partial charge is 0.385 e. The van der Waals surface area contributed by atoms with Crippen LogP contribution >= 0.6 is 15.9 Å². The van der Waals surface area contributed by atoms with Gasteiger partial charge in [-0.1, -0.05) is 18.2 Å². The molecule has 2 N–H and O–H groups in total. The molecule has 1 aliphatic heterocycles. The second-order valence-corrected chi connectivity index (χ2v) is 5.81. The fourth-order valence-corrected chi connectivity index (χ4v) is 3.04. The average Bonchev–Trinajstić information content (AvgIpc) is 2.46. The molecule has 0 amide bonds. The van der Waals surface area contributed by atoms with Gasteiger partial charge < -0.3 is 10.6 Å². The van der Waals surface area contributed by atoms with Crippen LogP contribution in [0.1, 0.15) is 17.5 Å². The number of para-hydroxylation sites is 1. The van der Waals surface area contributed by atoms with E-state index in [1.807, 2.05) is 0 Å². The summed E-state index contributed by atoms with van der Waals surface area (Å²) in [5.41, 5.74) is 4.79. The fourth-order valence-electron chi connectivity index (χ4n) is 2.55. The molecule has 0 spiro atoms. The third kappa shape index (κ3) is 2.80. The Labute approximate surface area is 126 Å². The predicted molar refractivity (Wildman–Crippen MR) is 84.7 cm³/mol. The maximum atomic E-state index is 13.1. The summed E-state index contributed by atoms with van der Waals surface area (Å²) in [6, 6.07) is 11.1. The Bertz CT molecular complexity index is 628. The van der Waals surface area contributed by atoms with Crippen LogP contribution in [0.3, 0.4) is 0 Å². The van der Waals surface area contributed by atoms with Gasteiger partial charge in [0.1, 0.15) is 5.82 Å². The number of hydrogen-bond donors (Lipinski definition) is 2. The van der Waals surface area contributed by atoms with Gasteiger partial charge in [-0.05, 0) is 58.1 Å². The summed E-state index contributed by atoms with van der Waals surface area (Å²) < 4.78 is 13.8. The molecule has 0 aliphatic carbocycles. The molecule has 0 aromatic heterocycles. The van der Waals surface area contributed by atoms with Gasteiger partial charge in [0.15, 0.2) is 0 Å². The van der Waals surface area contributed by atoms with E-state index in [-0.39, 0.29) is 5.82 Å². The molecule has 20 heavy (non-hydrogen) atoms. The average molecular weight is 335 g/mol. The minimum absolute atomic E-state index is 0.235. The van der Waals surface area contributed by atoms with Crippen LogP contribution < -0.4 is 10.6 Å². The van der Waals surface area contributed by atoms with Gasteiger partial charge in [0.25, 0.3) is 0 Å². The summed E-state index contributed by atoms with van der Waals surface area (Å²) >= 11 is 3.38. The zero-order valence-corrected chi connectivity index (χ0v) is 12.6. The molecule has 4 heteroatoms. The van der Waals surface area contributed by atoms with E-state index in [1.54, 1.807) is 6.07 Å². The molecule has 0 saturated heterocycles. The maximum Gasteiger partial charge on any atom is 0.124 e. The topological polar surface area (TPSA) is 24.1 Å². The molecule has 0 bridgehead atoms. The van der Waals surface area contributed by atoms with Crippen LogP contribution in [0, 0.1) is 5.82 Å². The van der Waals surface area contributed by atoms with Gasteiger partial charge in [-0.15, -0.1) is 0 Å². The van der Waals surface area contributed by atoms with Crippen molar-refractivity contribution >= 4 is 27.3 Å². The van der Waals surface area contributed by atoms with Crippen molar-refractivity contribution in [3.8, 4) is 0 Å². The molecule has 0 radical (unpaired) electrons. The first kappa shape index (κ1) is 13.4. The van der Waals surface area contributed by atoms with E-state index < -0.39 is 0 Å². The van der Waals surface area contributed by atoms with Crippen molar-refractivity contribution in [2.75, 3.05) is 17.2 Å². The fraction of sp³-hybridized carbons (Fsp3) is 0.250. The number of halogens is 2. The van der Waals surface area contributed by atoms with Crippen LogP contribution in [0.4, 0.5) is 15.8 Å². The number of fused-ring (bicyclic) bond motifs is 1. The molecular formula is C16H16BrFN2. The van der Waals surface area contributed by atoms with Crippen molar-refractivity contribution in [3.05, 3.63) is 57.8 Å². The summed E-state index contributed by atoms with van der Waals surface area (Å²) in [5.74, 6) is -0.235. The van der Waals surface area contributed by atoms with E-state index in [4.69, 9.17) is 0 Å². The third-order valence-corrected chi connectivity index (χ3v) is 4.22. The van der Waals surface area contributed by atoms with Gasteiger partial charge >= 0.3 is 0 Å². The number of benzene rings is 2. The molecule has 0 saturated carbocycles. The van der Waals surface area contributed by atoms with E-state index in [1.165, 1.54) is 35.4 Å². The molecule has 0 atom stereocenters. The van der Waals surface area contributed by atoms with Crippen molar-refractivity contribution in [2.24, 2.45) is 0 Å². The quantitative estimate of drug-likeness (QED) is 0.859. The zero-order valence-electron chi connectivity index (χ0n) is 11.0. The van der Waals surface area contributed by atoms with E-state index in [9.17, 15) is 4.39 Å². The number of hydrogen-bond acceptors (Lipinski definition) is 2. The second-order valence-electron chi connectivity index (χ2n) is 4.96. The summed E-state index contributed by atoms with van der Waals surface area (Å²) in [4.78, 5) is 0. The van der Waals surface area contributed by atoms with Gasteiger partial charge in [-0.3, -0.25) is 0 Å². The number of aryl methyl sites for hydroxylation is 1. The zero-order chi connectivity index (χ0) is 13.9. The van der Waals surface area contributed by atoms with Crippen molar-refractivity contribution in [1.29, 1.82) is 0 Å². The Morgan fingerprint density at radius 2 is 2.15 bits per heavy atom. The Balaban J connectivity index is 1.78. The van der Waals surface area contributed by atoms with Crippen LogP contribution in [0.2, 0.25) is 0 Å². The van der Waals surface area contributed by atoms with Crippen molar-refractivity contribution < 1.29 is 4.39 Å². The highest BCUT2D eigenvalue weighted by atomic mass is 79.9. The van der Waals surface area contributed by atoms with E-state index in [0.717, 1.165) is 29.7 Å². The van der Waals surface area contributed by atoms with Crippen molar-refractivity contribution in [2.45, 2.75) is 19.4 Å². The van der Waals surface area contributed by atoms with Gasteiger partial charge in [0, 0.05) is 28.9 Å². The van der Waals surface area contributed by atoms with E-state index in [2.05, 4.69) is 44.8 Å². The Kier molecular flexibility index (Phi) is 3.92. The smallest absolute Gasteiger partial charge is 0.124 e. The van der Waals surface area contributed by atoms with Crippen molar-refractivity contribution in [1.82, 2.24) is 0 Å². The van der Waals surface area contributed by atoms with Gasteiger partial charge in [-0.2, -0.15) is 0 Å². The molecule has 2 nitrogen and oxygen atoms in total. The lowest BCUT2D eigenvalue weighted by atomic mass is 9.99. The SMILES string of the molecule is Fc1ccc(NCc2cccc3c2NCCC3)c(Br)c1. The van der Waals surface area contributed by atoms with Crippen molar-refractivity contribution in [3.63, 3.8) is 0 Å². The predicted octanol–water partition coefficient (Wildman–Crippen LogP) is 4.56. The van der Waals surface area contributed by atoms with Gasteiger partial charge in [0.2, 0.25) is 0 Å². The Morgan fingerprint density at radius 3 is 3.00 bits per heavy atom. The van der Waals surface area contributed by atoms with Crippen LogP contribution in [0.25, 0.3) is 0 Å². The molecule has 2 aromatic carbocycles. The number of anilines is 2. The van der Waals surface area contributed by atoms with Crippen LogP contribution in [0.15, 0.2) is 40.9 Å². The third-order valence-electron chi connectivity index (χ3n) is 3.56. The van der Waals surface area contributed by atoms with E-state index >= 15 is 0 Å². The first-order valence-electron chi connectivity index (χ1n) is 6.77. The summed E-state index contributed by atoms with van der Waals surface area (Å²) in [5, 5.41) is 6.83. The highest BCUT2D eigenvalue weighted by molar-refractivity contribution is 9.10. The molecule has 2 aromatic rings. The standard InChI is InChI=1S/C16H16BrFN2/c17-14-9-13(18)6-7-15(14)20-10-12-4-1-3-11-5-2-8-19-16(11)12/h1,3-4,6-7,9,19-20H,2,5,8,10H2. The Morgan fingerprint density at radius 1 is 1.25 bits per heavy atom. The first-order chi connectivity index (χ1) is 9.74. The molecule has 0 fully saturated rings. The number of nitrogens with one attached hydrogen (secondary N) is 2. The Hall–Kier alpha value is -1.55.